The molecule has 3 heterocycles. The number of carbonyl (C=O) groups excluding carboxylic acids is 1. The van der Waals surface area contributed by atoms with Gasteiger partial charge < -0.3 is 20.1 Å². The zero-order chi connectivity index (χ0) is 24.5. The molecule has 1 aromatic carbocycles. The molecule has 3 aromatic rings. The number of carbonyl (C=O) groups is 1. The highest BCUT2D eigenvalue weighted by Gasteiger charge is 2.40. The van der Waals surface area contributed by atoms with E-state index in [4.69, 9.17) is 12.2 Å². The predicted octanol–water partition coefficient (Wildman–Crippen LogP) is 5.26. The molecule has 1 aliphatic rings. The summed E-state index contributed by atoms with van der Waals surface area (Å²) >= 11 is 5.74. The minimum Gasteiger partial charge on any atom is -0.352 e. The molecular formula is C27H33N5OS. The molecule has 1 fully saturated rings. The molecule has 0 saturated carbocycles. The molecule has 2 atom stereocenters. The van der Waals surface area contributed by atoms with Crippen molar-refractivity contribution < 1.29 is 4.79 Å². The van der Waals surface area contributed by atoms with Crippen molar-refractivity contribution in [2.24, 2.45) is 0 Å². The van der Waals surface area contributed by atoms with Gasteiger partial charge in [0.25, 0.3) is 0 Å². The summed E-state index contributed by atoms with van der Waals surface area (Å²) in [6.07, 6.45) is 6.43. The molecule has 2 aromatic heterocycles. The van der Waals surface area contributed by atoms with Crippen LogP contribution in [0.25, 0.3) is 0 Å². The maximum Gasteiger partial charge on any atom is 0.226 e. The van der Waals surface area contributed by atoms with Gasteiger partial charge in [0, 0.05) is 42.8 Å². The van der Waals surface area contributed by atoms with Crippen LogP contribution in [0.15, 0.2) is 61.1 Å². The van der Waals surface area contributed by atoms with Gasteiger partial charge in [-0.05, 0) is 87.8 Å². The van der Waals surface area contributed by atoms with Crippen LogP contribution in [0.3, 0.4) is 0 Å². The molecule has 0 radical (unpaired) electrons. The first-order valence-electron chi connectivity index (χ1n) is 11.7. The Morgan fingerprint density at radius 3 is 2.65 bits per heavy atom. The van der Waals surface area contributed by atoms with Crippen molar-refractivity contribution in [1.82, 2.24) is 19.8 Å². The zero-order valence-electron chi connectivity index (χ0n) is 20.5. The number of anilines is 1. The lowest BCUT2D eigenvalue weighted by molar-refractivity contribution is -0.116. The highest BCUT2D eigenvalue weighted by Crippen LogP contribution is 2.39. The van der Waals surface area contributed by atoms with E-state index in [1.165, 1.54) is 0 Å². The first-order chi connectivity index (χ1) is 16.1. The summed E-state index contributed by atoms with van der Waals surface area (Å²) in [5, 5.41) is 7.17. The van der Waals surface area contributed by atoms with Gasteiger partial charge in [0.15, 0.2) is 5.11 Å². The van der Waals surface area contributed by atoms with Crippen LogP contribution in [0.5, 0.6) is 0 Å². The predicted molar refractivity (Wildman–Crippen MR) is 141 cm³/mol. The van der Waals surface area contributed by atoms with E-state index in [0.717, 1.165) is 28.1 Å². The Hall–Kier alpha value is -3.19. The number of hydrogen-bond acceptors (Lipinski definition) is 3. The van der Waals surface area contributed by atoms with E-state index in [1.807, 2.05) is 50.2 Å². The minimum absolute atomic E-state index is 0.0243. The summed E-state index contributed by atoms with van der Waals surface area (Å²) in [5.74, 6) is -0.0243. The van der Waals surface area contributed by atoms with Crippen LogP contribution in [0.1, 0.15) is 61.7 Å². The largest absolute Gasteiger partial charge is 0.352 e. The van der Waals surface area contributed by atoms with E-state index in [0.29, 0.717) is 18.1 Å². The first kappa shape index (κ1) is 24.0. The second-order valence-corrected chi connectivity index (χ2v) is 10.3. The Morgan fingerprint density at radius 2 is 1.97 bits per heavy atom. The molecule has 4 rings (SSSR count). The monoisotopic (exact) mass is 475 g/mol. The number of rotatable bonds is 6. The van der Waals surface area contributed by atoms with Gasteiger partial charge >= 0.3 is 0 Å². The van der Waals surface area contributed by atoms with Crippen molar-refractivity contribution in [3.63, 3.8) is 0 Å². The lowest BCUT2D eigenvalue weighted by atomic mass is 9.99. The highest BCUT2D eigenvalue weighted by atomic mass is 32.1. The van der Waals surface area contributed by atoms with Gasteiger partial charge in [-0.25, -0.2) is 0 Å². The molecule has 0 bridgehead atoms. The lowest BCUT2D eigenvalue weighted by Gasteiger charge is -2.27. The maximum atomic E-state index is 12.9. The summed E-state index contributed by atoms with van der Waals surface area (Å²) in [5.41, 5.74) is 5.08. The number of pyridine rings is 1. The van der Waals surface area contributed by atoms with E-state index in [1.54, 1.807) is 6.20 Å². The molecule has 0 spiro atoms. The summed E-state index contributed by atoms with van der Waals surface area (Å²) in [4.78, 5) is 19.6. The van der Waals surface area contributed by atoms with Crippen LogP contribution in [-0.2, 0) is 10.3 Å². The molecule has 0 unspecified atom stereocenters. The summed E-state index contributed by atoms with van der Waals surface area (Å²) in [6.45, 7) is 11.1. The van der Waals surface area contributed by atoms with Crippen molar-refractivity contribution in [1.29, 1.82) is 0 Å². The summed E-state index contributed by atoms with van der Waals surface area (Å²) in [7, 11) is 0. The number of nitrogens with zero attached hydrogens (tertiary/aromatic N) is 3. The Labute approximate surface area is 207 Å². The van der Waals surface area contributed by atoms with Crippen LogP contribution < -0.4 is 10.6 Å². The van der Waals surface area contributed by atoms with Crippen LogP contribution in [0.4, 0.5) is 5.69 Å². The smallest absolute Gasteiger partial charge is 0.226 e. The van der Waals surface area contributed by atoms with Gasteiger partial charge in [-0.1, -0.05) is 18.2 Å². The molecule has 178 valence electrons. The third-order valence-corrected chi connectivity index (χ3v) is 6.63. The second-order valence-electron chi connectivity index (χ2n) is 9.96. The third-order valence-electron chi connectivity index (χ3n) is 6.28. The van der Waals surface area contributed by atoms with Gasteiger partial charge in [-0.2, -0.15) is 0 Å². The number of aromatic nitrogens is 2. The maximum absolute atomic E-state index is 12.9. The van der Waals surface area contributed by atoms with Gasteiger partial charge in [0.1, 0.15) is 0 Å². The second kappa shape index (κ2) is 9.58. The van der Waals surface area contributed by atoms with Crippen molar-refractivity contribution >= 4 is 28.9 Å². The molecule has 1 amide bonds. The number of nitrogens with one attached hydrogen (secondary N) is 2. The summed E-state index contributed by atoms with van der Waals surface area (Å²) < 4.78 is 2.21. The van der Waals surface area contributed by atoms with E-state index in [2.05, 4.69) is 64.3 Å². The number of amides is 1. The molecular weight excluding hydrogens is 442 g/mol. The van der Waals surface area contributed by atoms with Gasteiger partial charge in [0.2, 0.25) is 5.91 Å². The SMILES string of the molecule is Cc1ccc(C)c(NC(=O)CCN2C(=S)N[C@@H](c3ccccn3)[C@@H]2c2ccn(C(C)(C)C)c2)c1. The van der Waals surface area contributed by atoms with Gasteiger partial charge in [-0.3, -0.25) is 9.78 Å². The topological polar surface area (TPSA) is 62.2 Å². The fourth-order valence-electron chi connectivity index (χ4n) is 4.32. The molecule has 2 N–H and O–H groups in total. The number of benzene rings is 1. The number of aryl methyl sites for hydroxylation is 2. The quantitative estimate of drug-likeness (QED) is 0.477. The zero-order valence-corrected chi connectivity index (χ0v) is 21.3. The third kappa shape index (κ3) is 5.14. The van der Waals surface area contributed by atoms with Crippen LogP contribution in [0, 0.1) is 13.8 Å². The van der Waals surface area contributed by atoms with E-state index in [9.17, 15) is 4.79 Å². The molecule has 6 nitrogen and oxygen atoms in total. The van der Waals surface area contributed by atoms with Crippen molar-refractivity contribution in [3.8, 4) is 0 Å². The van der Waals surface area contributed by atoms with Crippen molar-refractivity contribution in [2.75, 3.05) is 11.9 Å². The Bertz CT molecular complexity index is 1180. The van der Waals surface area contributed by atoms with Gasteiger partial charge in [0.05, 0.1) is 17.8 Å². The number of hydrogen-bond donors (Lipinski definition) is 2. The highest BCUT2D eigenvalue weighted by molar-refractivity contribution is 7.80. The lowest BCUT2D eigenvalue weighted by Crippen LogP contribution is -2.32. The fourth-order valence-corrected chi connectivity index (χ4v) is 4.65. The Morgan fingerprint density at radius 1 is 1.18 bits per heavy atom. The van der Waals surface area contributed by atoms with Gasteiger partial charge in [-0.15, -0.1) is 0 Å². The van der Waals surface area contributed by atoms with Crippen molar-refractivity contribution in [2.45, 2.75) is 58.7 Å². The van der Waals surface area contributed by atoms with Crippen molar-refractivity contribution in [3.05, 3.63) is 83.4 Å². The average molecular weight is 476 g/mol. The molecule has 1 aliphatic heterocycles. The average Bonchev–Trinajstić information content (AvgIpc) is 3.40. The van der Waals surface area contributed by atoms with Crippen LogP contribution >= 0.6 is 12.2 Å². The normalized spacial score (nSPS) is 18.1. The Balaban J connectivity index is 1.56. The molecule has 7 heteroatoms. The van der Waals surface area contributed by atoms with Crippen LogP contribution in [-0.4, -0.2) is 32.0 Å². The minimum atomic E-state index is -0.0911. The number of thiocarbonyl (C=S) groups is 1. The Kier molecular flexibility index (Phi) is 6.75. The molecule has 0 aliphatic carbocycles. The van der Waals surface area contributed by atoms with E-state index >= 15 is 0 Å². The van der Waals surface area contributed by atoms with E-state index in [-0.39, 0.29) is 23.5 Å². The standard InChI is InChI=1S/C27H33N5OS/c1-18-9-10-19(2)22(16-18)29-23(33)12-15-32-25(20-11-14-31(17-20)27(3,4)5)24(30-26(32)34)21-8-6-7-13-28-21/h6-11,13-14,16-17,24-25H,12,15H2,1-5H3,(H,29,33)(H,30,34)/t24-,25-/m0/s1. The van der Waals surface area contributed by atoms with E-state index < -0.39 is 0 Å². The fraction of sp³-hybridized carbons (Fsp3) is 0.370. The molecule has 34 heavy (non-hydrogen) atoms. The molecule has 1 saturated heterocycles. The summed E-state index contributed by atoms with van der Waals surface area (Å²) in [6, 6.07) is 14.0. The van der Waals surface area contributed by atoms with Crippen LogP contribution in [0.2, 0.25) is 0 Å². The first-order valence-corrected chi connectivity index (χ1v) is 12.1.